The third-order valence-electron chi connectivity index (χ3n) is 1.80. The molecule has 2 aromatic rings. The van der Waals surface area contributed by atoms with Crippen LogP contribution in [0.15, 0.2) is 35.0 Å². The van der Waals surface area contributed by atoms with Gasteiger partial charge in [-0.05, 0) is 22.9 Å². The van der Waals surface area contributed by atoms with Crippen LogP contribution in [0.1, 0.15) is 9.75 Å². The fourth-order valence-corrected chi connectivity index (χ4v) is 2.49. The van der Waals surface area contributed by atoms with Gasteiger partial charge in [0.1, 0.15) is 0 Å². The van der Waals surface area contributed by atoms with E-state index in [1.807, 2.05) is 22.9 Å². The van der Waals surface area contributed by atoms with Crippen LogP contribution in [-0.2, 0) is 22.4 Å². The molecule has 0 spiro atoms. The van der Waals surface area contributed by atoms with Gasteiger partial charge in [0.25, 0.3) is 0 Å². The van der Waals surface area contributed by atoms with Crippen molar-refractivity contribution >= 4 is 72.4 Å². The Hall–Kier alpha value is -0.400. The minimum Gasteiger partial charge on any atom is -0.550 e. The summed E-state index contributed by atoms with van der Waals surface area (Å²) in [5, 5.41) is 23.6. The van der Waals surface area contributed by atoms with E-state index in [0.717, 1.165) is 9.75 Å². The van der Waals surface area contributed by atoms with Crippen molar-refractivity contribution in [3.05, 3.63) is 44.8 Å². The maximum Gasteiger partial charge on any atom is 2.00 e. The molecule has 0 N–H and O–H groups in total. The summed E-state index contributed by atoms with van der Waals surface area (Å²) in [5.41, 5.74) is 0. The van der Waals surface area contributed by atoms with Crippen LogP contribution in [0.2, 0.25) is 0 Å². The molecule has 0 aliphatic heterocycles. The standard InChI is InChI=1S/2C6H6O2S.Ca/c2*7-6(8)4-5-2-1-3-9-5;/h2*1-3H,4H2,(H,7,8);/q;;+2/p-2. The predicted octanol–water partition coefficient (Wildman–Crippen LogP) is -0.300. The van der Waals surface area contributed by atoms with Gasteiger partial charge in [0.15, 0.2) is 0 Å². The number of carboxylic acids is 2. The number of thiophene rings is 2. The van der Waals surface area contributed by atoms with Gasteiger partial charge >= 0.3 is 37.7 Å². The molecule has 2 rings (SSSR count). The molecule has 2 heterocycles. The number of carbonyl (C=O) groups is 2. The molecule has 4 nitrogen and oxygen atoms in total. The monoisotopic (exact) mass is 322 g/mol. The molecule has 0 amide bonds. The Morgan fingerprint density at radius 1 is 0.895 bits per heavy atom. The summed E-state index contributed by atoms with van der Waals surface area (Å²) >= 11 is 2.86. The minimum atomic E-state index is -1.02. The third kappa shape index (κ3) is 9.18. The van der Waals surface area contributed by atoms with Gasteiger partial charge < -0.3 is 19.8 Å². The molecule has 0 radical (unpaired) electrons. The molecule has 0 saturated heterocycles. The Kier molecular flexibility index (Phi) is 10.2. The van der Waals surface area contributed by atoms with Gasteiger partial charge in [0, 0.05) is 34.5 Å². The Balaban J connectivity index is 0.000000324. The van der Waals surface area contributed by atoms with Gasteiger partial charge in [-0.15, -0.1) is 22.7 Å². The quantitative estimate of drug-likeness (QED) is 0.724. The second-order valence-electron chi connectivity index (χ2n) is 3.26. The Morgan fingerprint density at radius 2 is 1.26 bits per heavy atom. The first-order chi connectivity index (χ1) is 8.58. The van der Waals surface area contributed by atoms with E-state index in [9.17, 15) is 19.8 Å². The van der Waals surface area contributed by atoms with Crippen LogP contribution in [0.5, 0.6) is 0 Å². The van der Waals surface area contributed by atoms with Crippen LogP contribution in [0, 0.1) is 0 Å². The number of carboxylic acid groups (broad SMARTS) is 2. The number of aliphatic carboxylic acids is 2. The van der Waals surface area contributed by atoms with Crippen molar-refractivity contribution in [1.82, 2.24) is 0 Å². The zero-order valence-electron chi connectivity index (χ0n) is 10.0. The Labute approximate surface area is 148 Å². The van der Waals surface area contributed by atoms with Crippen LogP contribution < -0.4 is 10.2 Å². The van der Waals surface area contributed by atoms with E-state index < -0.39 is 11.9 Å². The summed E-state index contributed by atoms with van der Waals surface area (Å²) in [5.74, 6) is -2.03. The van der Waals surface area contributed by atoms with E-state index in [0.29, 0.717) is 0 Å². The molecule has 0 aliphatic carbocycles. The second kappa shape index (κ2) is 10.4. The largest absolute Gasteiger partial charge is 2.00 e. The van der Waals surface area contributed by atoms with Crippen molar-refractivity contribution in [3.63, 3.8) is 0 Å². The number of hydrogen-bond donors (Lipinski definition) is 0. The van der Waals surface area contributed by atoms with Crippen LogP contribution in [0.25, 0.3) is 0 Å². The van der Waals surface area contributed by atoms with E-state index in [1.54, 1.807) is 12.1 Å². The molecular formula is C12H10CaO4S2. The molecule has 2 aromatic heterocycles. The van der Waals surface area contributed by atoms with Crippen LogP contribution in [0.4, 0.5) is 0 Å². The van der Waals surface area contributed by atoms with Crippen LogP contribution in [-0.4, -0.2) is 49.7 Å². The average Bonchev–Trinajstić information content (AvgIpc) is 2.90. The molecule has 0 unspecified atom stereocenters. The van der Waals surface area contributed by atoms with Crippen molar-refractivity contribution in [1.29, 1.82) is 0 Å². The number of carbonyl (C=O) groups excluding carboxylic acids is 2. The van der Waals surface area contributed by atoms with E-state index in [2.05, 4.69) is 0 Å². The van der Waals surface area contributed by atoms with Crippen LogP contribution in [0.3, 0.4) is 0 Å². The fraction of sp³-hybridized carbons (Fsp3) is 0.167. The molecule has 0 atom stereocenters. The molecule has 96 valence electrons. The molecule has 0 bridgehead atoms. The van der Waals surface area contributed by atoms with E-state index in [4.69, 9.17) is 0 Å². The molecular weight excluding hydrogens is 312 g/mol. The molecule has 0 fully saturated rings. The zero-order chi connectivity index (χ0) is 13.4. The Bertz CT molecular complexity index is 434. The average molecular weight is 322 g/mol. The van der Waals surface area contributed by atoms with Gasteiger partial charge in [0.2, 0.25) is 0 Å². The summed E-state index contributed by atoms with van der Waals surface area (Å²) in [6, 6.07) is 7.20. The molecule has 0 saturated carbocycles. The summed E-state index contributed by atoms with van der Waals surface area (Å²) < 4.78 is 0. The van der Waals surface area contributed by atoms with Crippen LogP contribution >= 0.6 is 22.7 Å². The first-order valence-corrected chi connectivity index (χ1v) is 6.78. The minimum absolute atomic E-state index is 0. The molecule has 0 aliphatic rings. The van der Waals surface area contributed by atoms with E-state index in [-0.39, 0.29) is 50.6 Å². The summed E-state index contributed by atoms with van der Waals surface area (Å²) in [4.78, 5) is 21.6. The van der Waals surface area contributed by atoms with E-state index in [1.165, 1.54) is 22.7 Å². The van der Waals surface area contributed by atoms with Gasteiger partial charge in [-0.3, -0.25) is 0 Å². The van der Waals surface area contributed by atoms with Gasteiger partial charge in [0.05, 0.1) is 0 Å². The first-order valence-electron chi connectivity index (χ1n) is 5.02. The van der Waals surface area contributed by atoms with Crippen molar-refractivity contribution in [2.75, 3.05) is 0 Å². The Morgan fingerprint density at radius 3 is 1.47 bits per heavy atom. The van der Waals surface area contributed by atoms with Crippen molar-refractivity contribution in [2.45, 2.75) is 12.8 Å². The summed E-state index contributed by atoms with van der Waals surface area (Å²) in [6.07, 6.45) is 0.0787. The van der Waals surface area contributed by atoms with Gasteiger partial charge in [-0.2, -0.15) is 0 Å². The van der Waals surface area contributed by atoms with Crippen molar-refractivity contribution in [3.8, 4) is 0 Å². The van der Waals surface area contributed by atoms with Gasteiger partial charge in [-0.1, -0.05) is 12.1 Å². The number of rotatable bonds is 4. The maximum absolute atomic E-state index is 9.96. The molecule has 19 heavy (non-hydrogen) atoms. The first kappa shape index (κ1) is 18.6. The van der Waals surface area contributed by atoms with Crippen molar-refractivity contribution < 1.29 is 19.8 Å². The summed E-state index contributed by atoms with van der Waals surface area (Å²) in [6.45, 7) is 0. The summed E-state index contributed by atoms with van der Waals surface area (Å²) in [7, 11) is 0. The second-order valence-corrected chi connectivity index (χ2v) is 5.32. The molecule has 7 heteroatoms. The number of hydrogen-bond acceptors (Lipinski definition) is 6. The van der Waals surface area contributed by atoms with Crippen molar-refractivity contribution in [2.24, 2.45) is 0 Å². The maximum atomic E-state index is 9.96. The third-order valence-corrected chi connectivity index (χ3v) is 3.55. The SMILES string of the molecule is O=C([O-])Cc1cccs1.O=C([O-])Cc1cccs1.[Ca+2]. The zero-order valence-corrected chi connectivity index (χ0v) is 13.9. The topological polar surface area (TPSA) is 80.3 Å². The molecule has 0 aromatic carbocycles. The predicted molar refractivity (Wildman–Crippen MR) is 71.8 cm³/mol. The van der Waals surface area contributed by atoms with Gasteiger partial charge in [-0.25, -0.2) is 0 Å². The normalized spacial score (nSPS) is 8.84. The van der Waals surface area contributed by atoms with E-state index >= 15 is 0 Å². The fourth-order valence-electron chi connectivity index (χ4n) is 1.11. The smallest absolute Gasteiger partial charge is 0.550 e.